The van der Waals surface area contributed by atoms with Crippen molar-refractivity contribution in [3.8, 4) is 0 Å². The van der Waals surface area contributed by atoms with E-state index in [1.54, 1.807) is 0 Å². The molecule has 5 nitrogen and oxygen atoms in total. The van der Waals surface area contributed by atoms with Crippen LogP contribution in [0, 0.1) is 17.8 Å². The molecule has 1 N–H and O–H groups in total. The number of halogens is 5. The lowest BCUT2D eigenvalue weighted by atomic mass is 9.87. The summed E-state index contributed by atoms with van der Waals surface area (Å²) >= 11 is 0. The number of anilines is 1. The summed E-state index contributed by atoms with van der Waals surface area (Å²) in [5, 5.41) is 2.27. The number of benzene rings is 1. The fourth-order valence-corrected chi connectivity index (χ4v) is 3.17. The van der Waals surface area contributed by atoms with Crippen LogP contribution < -0.4 is 5.32 Å². The van der Waals surface area contributed by atoms with Crippen LogP contribution in [-0.2, 0) is 15.8 Å². The highest BCUT2D eigenvalue weighted by Crippen LogP contribution is 2.36. The van der Waals surface area contributed by atoms with Gasteiger partial charge in [0, 0.05) is 37.3 Å². The van der Waals surface area contributed by atoms with Crippen molar-refractivity contribution < 1.29 is 31.5 Å². The first-order valence-electron chi connectivity index (χ1n) is 8.12. The molecule has 2 amide bonds. The normalized spacial score (nSPS) is 19.8. The molecule has 0 aliphatic carbocycles. The Labute approximate surface area is 156 Å². The Hall–Kier alpha value is -3.04. The summed E-state index contributed by atoms with van der Waals surface area (Å²) < 4.78 is 64.6. The molecule has 2 atom stereocenters. The molecule has 0 spiro atoms. The number of alkyl halides is 3. The summed E-state index contributed by atoms with van der Waals surface area (Å²) in [5.41, 5.74) is -0.695. The average Bonchev–Trinajstić information content (AvgIpc) is 2.88. The minimum atomic E-state index is -4.51. The first kappa shape index (κ1) is 19.7. The van der Waals surface area contributed by atoms with Crippen LogP contribution in [0.3, 0.4) is 0 Å². The van der Waals surface area contributed by atoms with Gasteiger partial charge in [-0.05, 0) is 17.7 Å². The maximum absolute atomic E-state index is 13.2. The molecule has 0 bridgehead atoms. The van der Waals surface area contributed by atoms with Crippen molar-refractivity contribution in [2.24, 2.45) is 5.92 Å². The molecule has 1 aromatic carbocycles. The molecule has 2 heterocycles. The number of carbonyl (C=O) groups excluding carboxylic acids is 2. The topological polar surface area (TPSA) is 62.3 Å². The Balaban J connectivity index is 1.86. The van der Waals surface area contributed by atoms with Gasteiger partial charge < -0.3 is 10.2 Å². The summed E-state index contributed by atoms with van der Waals surface area (Å²) in [6, 6.07) is 5.76. The van der Waals surface area contributed by atoms with Crippen LogP contribution in [0.15, 0.2) is 36.4 Å². The molecule has 0 saturated carbocycles. The molecule has 10 heteroatoms. The number of likely N-dealkylation sites (N-methyl/N-ethyl adjacent to an activating group) is 1. The summed E-state index contributed by atoms with van der Waals surface area (Å²) in [5.74, 6) is -5.62. The Bertz CT molecular complexity index is 894. The smallest absolute Gasteiger partial charge is 0.344 e. The van der Waals surface area contributed by atoms with Gasteiger partial charge in [-0.1, -0.05) is 12.1 Å². The van der Waals surface area contributed by atoms with Gasteiger partial charge in [-0.25, -0.2) is 0 Å². The van der Waals surface area contributed by atoms with Crippen molar-refractivity contribution >= 4 is 17.5 Å². The van der Waals surface area contributed by atoms with Crippen LogP contribution in [0.2, 0.25) is 0 Å². The Morgan fingerprint density at radius 2 is 1.71 bits per heavy atom. The van der Waals surface area contributed by atoms with Gasteiger partial charge in [-0.3, -0.25) is 9.59 Å². The second-order valence-electron chi connectivity index (χ2n) is 6.41. The van der Waals surface area contributed by atoms with Crippen LogP contribution >= 0.6 is 0 Å². The van der Waals surface area contributed by atoms with E-state index in [4.69, 9.17) is 0 Å². The van der Waals surface area contributed by atoms with E-state index in [0.717, 1.165) is 24.3 Å². The minimum Gasteiger partial charge on any atom is -0.344 e. The molecule has 3 rings (SSSR count). The van der Waals surface area contributed by atoms with Crippen LogP contribution in [0.1, 0.15) is 17.0 Å². The number of hydrogen-bond donors (Lipinski definition) is 1. The molecule has 0 radical (unpaired) electrons. The number of amides is 2. The molecule has 1 fully saturated rings. The van der Waals surface area contributed by atoms with Crippen molar-refractivity contribution in [1.82, 2.24) is 9.88 Å². The van der Waals surface area contributed by atoms with E-state index in [0.29, 0.717) is 5.56 Å². The lowest BCUT2D eigenvalue weighted by molar-refractivity contribution is -0.138. The van der Waals surface area contributed by atoms with Crippen molar-refractivity contribution in [1.29, 1.82) is 0 Å². The number of pyridine rings is 1. The van der Waals surface area contributed by atoms with E-state index in [9.17, 15) is 31.5 Å². The second-order valence-corrected chi connectivity index (χ2v) is 6.41. The van der Waals surface area contributed by atoms with Crippen molar-refractivity contribution in [3.05, 3.63) is 59.4 Å². The van der Waals surface area contributed by atoms with Crippen LogP contribution in [0.25, 0.3) is 0 Å². The van der Waals surface area contributed by atoms with Gasteiger partial charge in [-0.2, -0.15) is 26.9 Å². The molecule has 0 unspecified atom stereocenters. The number of hydrogen-bond acceptors (Lipinski definition) is 3. The Morgan fingerprint density at radius 1 is 1.14 bits per heavy atom. The Kier molecular flexibility index (Phi) is 5.05. The van der Waals surface area contributed by atoms with Crippen molar-refractivity contribution in [3.63, 3.8) is 0 Å². The van der Waals surface area contributed by atoms with Crippen molar-refractivity contribution in [2.45, 2.75) is 12.1 Å². The second kappa shape index (κ2) is 7.17. The minimum absolute atomic E-state index is 0.112. The summed E-state index contributed by atoms with van der Waals surface area (Å²) in [6.45, 7) is 0.112. The van der Waals surface area contributed by atoms with E-state index in [2.05, 4.69) is 10.3 Å². The van der Waals surface area contributed by atoms with Gasteiger partial charge in [0.15, 0.2) is 0 Å². The molecule has 148 valence electrons. The van der Waals surface area contributed by atoms with Crippen LogP contribution in [0.4, 0.5) is 27.6 Å². The quantitative estimate of drug-likeness (QED) is 0.490. The number of rotatable bonds is 3. The van der Waals surface area contributed by atoms with Crippen molar-refractivity contribution in [2.75, 3.05) is 18.9 Å². The maximum Gasteiger partial charge on any atom is 0.416 e. The number of nitrogens with one attached hydrogen (secondary N) is 1. The average molecular weight is 399 g/mol. The highest BCUT2D eigenvalue weighted by molar-refractivity contribution is 6.08. The zero-order valence-corrected chi connectivity index (χ0v) is 14.4. The third-order valence-corrected chi connectivity index (χ3v) is 4.49. The molecule has 1 aliphatic heterocycles. The number of nitrogens with zero attached hydrogens (tertiary/aromatic N) is 2. The van der Waals surface area contributed by atoms with E-state index < -0.39 is 47.3 Å². The molecular formula is C18H14F5N3O2. The van der Waals surface area contributed by atoms with Gasteiger partial charge in [0.2, 0.25) is 23.7 Å². The first-order chi connectivity index (χ1) is 13.1. The predicted molar refractivity (Wildman–Crippen MR) is 88.1 cm³/mol. The van der Waals surface area contributed by atoms with Crippen LogP contribution in [0.5, 0.6) is 0 Å². The molecule has 1 aliphatic rings. The maximum atomic E-state index is 13.2. The summed E-state index contributed by atoms with van der Waals surface area (Å²) in [7, 11) is 1.46. The van der Waals surface area contributed by atoms with Gasteiger partial charge in [0.1, 0.15) is 5.92 Å². The Morgan fingerprint density at radius 3 is 2.25 bits per heavy atom. The van der Waals surface area contributed by atoms with E-state index in [-0.39, 0.29) is 12.2 Å². The van der Waals surface area contributed by atoms with E-state index in [1.807, 2.05) is 0 Å². The molecule has 2 aromatic rings. The monoisotopic (exact) mass is 399 g/mol. The standard InChI is InChI=1S/C18H14F5N3O2/c1-26-8-12(9-2-4-10(5-3-9)18(21,22)23)15(17(26)28)16(27)24-11-6-13(19)25-14(20)7-11/h2-7,12,15H,8H2,1H3,(H,24,25,27)/t12-,15+/m0/s1. The first-order valence-corrected chi connectivity index (χ1v) is 8.12. The zero-order valence-electron chi connectivity index (χ0n) is 14.4. The lowest BCUT2D eigenvalue weighted by Gasteiger charge is -2.17. The van der Waals surface area contributed by atoms with E-state index >= 15 is 0 Å². The summed E-state index contributed by atoms with van der Waals surface area (Å²) in [6.07, 6.45) is -4.51. The SMILES string of the molecule is CN1C[C@@H](c2ccc(C(F)(F)F)cc2)[C@H](C(=O)Nc2cc(F)nc(F)c2)C1=O. The lowest BCUT2D eigenvalue weighted by Crippen LogP contribution is -2.32. The third kappa shape index (κ3) is 3.95. The number of aromatic nitrogens is 1. The number of likely N-dealkylation sites (tertiary alicyclic amines) is 1. The fourth-order valence-electron chi connectivity index (χ4n) is 3.17. The third-order valence-electron chi connectivity index (χ3n) is 4.49. The van der Waals surface area contributed by atoms with Gasteiger partial charge in [-0.15, -0.1) is 0 Å². The molecule has 28 heavy (non-hydrogen) atoms. The van der Waals surface area contributed by atoms with Crippen LogP contribution in [-0.4, -0.2) is 35.3 Å². The molecule has 1 aromatic heterocycles. The fraction of sp³-hybridized carbons (Fsp3) is 0.278. The predicted octanol–water partition coefficient (Wildman–Crippen LogP) is 3.19. The highest BCUT2D eigenvalue weighted by Gasteiger charge is 2.44. The molecular weight excluding hydrogens is 385 g/mol. The van der Waals surface area contributed by atoms with Gasteiger partial charge in [0.05, 0.1) is 5.56 Å². The molecule has 1 saturated heterocycles. The van der Waals surface area contributed by atoms with Gasteiger partial charge >= 0.3 is 6.18 Å². The highest BCUT2D eigenvalue weighted by atomic mass is 19.4. The summed E-state index contributed by atoms with van der Waals surface area (Å²) in [4.78, 5) is 29.2. The largest absolute Gasteiger partial charge is 0.416 e. The zero-order chi connectivity index (χ0) is 20.6. The van der Waals surface area contributed by atoms with E-state index in [1.165, 1.54) is 24.1 Å². The van der Waals surface area contributed by atoms with Gasteiger partial charge in [0.25, 0.3) is 0 Å². The number of carbonyl (C=O) groups is 2.